The van der Waals surface area contributed by atoms with E-state index in [0.717, 1.165) is 27.0 Å². The van der Waals surface area contributed by atoms with Gasteiger partial charge in [0.05, 0.1) is 11.3 Å². The van der Waals surface area contributed by atoms with Gasteiger partial charge in [0.25, 0.3) is 5.91 Å². The highest BCUT2D eigenvalue weighted by molar-refractivity contribution is 9.10. The number of halogens is 2. The number of aromatic nitrogens is 1. The Morgan fingerprint density at radius 3 is 2.46 bits per heavy atom. The van der Waals surface area contributed by atoms with Gasteiger partial charge in [-0.05, 0) is 43.2 Å². The van der Waals surface area contributed by atoms with E-state index in [0.29, 0.717) is 11.3 Å². The second-order valence-corrected chi connectivity index (χ2v) is 7.64. The number of hydrogen-bond acceptors (Lipinski definition) is 2. The lowest BCUT2D eigenvalue weighted by atomic mass is 10.1. The third kappa shape index (κ3) is 3.71. The van der Waals surface area contributed by atoms with Crippen molar-refractivity contribution >= 4 is 33.2 Å². The second-order valence-electron chi connectivity index (χ2n) is 5.66. The summed E-state index contributed by atoms with van der Waals surface area (Å²) in [5, 5.41) is 0. The largest absolute Gasteiger partial charge is 0.316 e. The van der Waals surface area contributed by atoms with E-state index in [-0.39, 0.29) is 5.56 Å². The van der Waals surface area contributed by atoms with Gasteiger partial charge in [0, 0.05) is 15.9 Å². The standard InChI is InChI=1S/C20H18BrFN2OS/c1-3-17-18(13-9-11-14(21)12-10-13)24(4-2)20(26-17)23-19(25)15-7-5-6-8-16(15)22/h5-12H,3-4H2,1-2H3. The molecule has 6 heteroatoms. The van der Waals surface area contributed by atoms with Crippen molar-refractivity contribution in [3.63, 3.8) is 0 Å². The van der Waals surface area contributed by atoms with E-state index in [2.05, 4.69) is 27.8 Å². The van der Waals surface area contributed by atoms with Crippen LogP contribution in [0.4, 0.5) is 4.39 Å². The number of rotatable bonds is 4. The molecule has 3 nitrogen and oxygen atoms in total. The fourth-order valence-corrected chi connectivity index (χ4v) is 4.20. The lowest BCUT2D eigenvalue weighted by Gasteiger charge is -2.08. The van der Waals surface area contributed by atoms with Gasteiger partial charge >= 0.3 is 0 Å². The summed E-state index contributed by atoms with van der Waals surface area (Å²) < 4.78 is 16.9. The molecule has 0 saturated heterocycles. The summed E-state index contributed by atoms with van der Waals surface area (Å²) >= 11 is 4.94. The molecule has 0 saturated carbocycles. The predicted octanol–water partition coefficient (Wildman–Crippen LogP) is 5.44. The molecule has 0 radical (unpaired) electrons. The highest BCUT2D eigenvalue weighted by Crippen LogP contribution is 2.28. The molecule has 3 rings (SSSR count). The lowest BCUT2D eigenvalue weighted by molar-refractivity contribution is 0.0994. The molecule has 0 aliphatic rings. The van der Waals surface area contributed by atoms with Crippen LogP contribution in [0.15, 0.2) is 58.0 Å². The SMILES string of the molecule is CCc1sc(=NC(=O)c2ccccc2F)n(CC)c1-c1ccc(Br)cc1. The van der Waals surface area contributed by atoms with Gasteiger partial charge in [0.2, 0.25) is 0 Å². The van der Waals surface area contributed by atoms with Gasteiger partial charge in [-0.1, -0.05) is 47.1 Å². The average molecular weight is 433 g/mol. The lowest BCUT2D eigenvalue weighted by Crippen LogP contribution is -2.17. The third-order valence-electron chi connectivity index (χ3n) is 4.04. The predicted molar refractivity (Wildman–Crippen MR) is 107 cm³/mol. The van der Waals surface area contributed by atoms with Crippen LogP contribution in [0.2, 0.25) is 0 Å². The second kappa shape index (κ2) is 8.10. The first-order valence-electron chi connectivity index (χ1n) is 8.37. The molecule has 0 unspecified atom stereocenters. The molecule has 0 aliphatic heterocycles. The number of thiazole rings is 1. The van der Waals surface area contributed by atoms with Crippen LogP contribution in [0.1, 0.15) is 29.1 Å². The van der Waals surface area contributed by atoms with Crippen molar-refractivity contribution in [2.75, 3.05) is 0 Å². The van der Waals surface area contributed by atoms with E-state index in [4.69, 9.17) is 0 Å². The Morgan fingerprint density at radius 1 is 1.15 bits per heavy atom. The maximum absolute atomic E-state index is 13.9. The number of amides is 1. The van der Waals surface area contributed by atoms with E-state index in [9.17, 15) is 9.18 Å². The minimum absolute atomic E-state index is 0.00760. The summed E-state index contributed by atoms with van der Waals surface area (Å²) in [6, 6.07) is 14.0. The van der Waals surface area contributed by atoms with Crippen LogP contribution in [-0.4, -0.2) is 10.5 Å². The van der Waals surface area contributed by atoms with Crippen molar-refractivity contribution in [3.05, 3.63) is 74.1 Å². The van der Waals surface area contributed by atoms with Gasteiger partial charge < -0.3 is 4.57 Å². The summed E-state index contributed by atoms with van der Waals surface area (Å²) in [5.74, 6) is -1.11. The Labute approximate surface area is 164 Å². The first kappa shape index (κ1) is 18.7. The van der Waals surface area contributed by atoms with Crippen molar-refractivity contribution in [2.45, 2.75) is 26.8 Å². The number of nitrogens with zero attached hydrogens (tertiary/aromatic N) is 2. The molecular formula is C20H18BrFN2OS. The van der Waals surface area contributed by atoms with E-state index in [1.807, 2.05) is 35.8 Å². The number of benzene rings is 2. The Kier molecular flexibility index (Phi) is 5.84. The summed E-state index contributed by atoms with van der Waals surface area (Å²) in [6.07, 6.45) is 0.833. The van der Waals surface area contributed by atoms with Crippen molar-refractivity contribution in [1.29, 1.82) is 0 Å². The van der Waals surface area contributed by atoms with Gasteiger partial charge in [-0.25, -0.2) is 4.39 Å². The molecule has 0 atom stereocenters. The summed E-state index contributed by atoms with van der Waals surface area (Å²) in [5.41, 5.74) is 2.13. The van der Waals surface area contributed by atoms with Crippen LogP contribution in [0.25, 0.3) is 11.3 Å². The summed E-state index contributed by atoms with van der Waals surface area (Å²) in [4.78, 5) is 18.4. The molecular weight excluding hydrogens is 415 g/mol. The molecule has 26 heavy (non-hydrogen) atoms. The molecule has 1 heterocycles. The van der Waals surface area contributed by atoms with Gasteiger partial charge in [0.15, 0.2) is 4.80 Å². The van der Waals surface area contributed by atoms with Crippen molar-refractivity contribution in [2.24, 2.45) is 4.99 Å². The first-order chi connectivity index (χ1) is 12.5. The minimum atomic E-state index is -0.559. The smallest absolute Gasteiger partial charge is 0.282 e. The highest BCUT2D eigenvalue weighted by Gasteiger charge is 2.16. The molecule has 1 aromatic heterocycles. The number of hydrogen-bond donors (Lipinski definition) is 0. The normalized spacial score (nSPS) is 11.8. The number of carbonyl (C=O) groups is 1. The molecule has 0 aliphatic carbocycles. The zero-order chi connectivity index (χ0) is 18.7. The Bertz CT molecular complexity index is 1010. The molecule has 3 aromatic rings. The van der Waals surface area contributed by atoms with E-state index >= 15 is 0 Å². The van der Waals surface area contributed by atoms with Crippen LogP contribution < -0.4 is 4.80 Å². The van der Waals surface area contributed by atoms with Crippen molar-refractivity contribution in [1.82, 2.24) is 4.57 Å². The molecule has 2 aromatic carbocycles. The topological polar surface area (TPSA) is 34.4 Å². The van der Waals surface area contributed by atoms with Crippen LogP contribution in [0.5, 0.6) is 0 Å². The molecule has 1 amide bonds. The van der Waals surface area contributed by atoms with Crippen LogP contribution in [0.3, 0.4) is 0 Å². The summed E-state index contributed by atoms with van der Waals surface area (Å²) in [7, 11) is 0. The van der Waals surface area contributed by atoms with E-state index in [1.165, 1.54) is 23.5 Å². The number of aryl methyl sites for hydroxylation is 1. The van der Waals surface area contributed by atoms with Gasteiger partial charge in [-0.3, -0.25) is 4.79 Å². The average Bonchev–Trinajstić information content (AvgIpc) is 3.00. The fourth-order valence-electron chi connectivity index (χ4n) is 2.78. The Hall–Kier alpha value is -2.05. The maximum atomic E-state index is 13.9. The van der Waals surface area contributed by atoms with E-state index in [1.54, 1.807) is 12.1 Å². The molecule has 0 fully saturated rings. The fraction of sp³-hybridized carbons (Fsp3) is 0.200. The van der Waals surface area contributed by atoms with Gasteiger partial charge in [0.1, 0.15) is 5.82 Å². The molecule has 0 spiro atoms. The van der Waals surface area contributed by atoms with Crippen LogP contribution >= 0.6 is 27.3 Å². The monoisotopic (exact) mass is 432 g/mol. The molecule has 134 valence electrons. The Balaban J connectivity index is 2.15. The first-order valence-corrected chi connectivity index (χ1v) is 9.98. The quantitative estimate of drug-likeness (QED) is 0.540. The van der Waals surface area contributed by atoms with Crippen LogP contribution in [-0.2, 0) is 13.0 Å². The highest BCUT2D eigenvalue weighted by atomic mass is 79.9. The summed E-state index contributed by atoms with van der Waals surface area (Å²) in [6.45, 7) is 4.77. The van der Waals surface area contributed by atoms with Gasteiger partial charge in [-0.15, -0.1) is 11.3 Å². The maximum Gasteiger partial charge on any atom is 0.282 e. The van der Waals surface area contributed by atoms with Crippen molar-refractivity contribution < 1.29 is 9.18 Å². The zero-order valence-electron chi connectivity index (χ0n) is 14.5. The Morgan fingerprint density at radius 2 is 1.85 bits per heavy atom. The molecule has 0 N–H and O–H groups in total. The zero-order valence-corrected chi connectivity index (χ0v) is 16.9. The van der Waals surface area contributed by atoms with E-state index < -0.39 is 11.7 Å². The minimum Gasteiger partial charge on any atom is -0.316 e. The third-order valence-corrected chi connectivity index (χ3v) is 5.79. The van der Waals surface area contributed by atoms with Gasteiger partial charge in [-0.2, -0.15) is 4.99 Å². The van der Waals surface area contributed by atoms with Crippen molar-refractivity contribution in [3.8, 4) is 11.3 Å². The van der Waals surface area contributed by atoms with Crippen LogP contribution in [0, 0.1) is 5.82 Å². The number of carbonyl (C=O) groups excluding carboxylic acids is 1. The molecule has 0 bridgehead atoms.